The molecule has 0 spiro atoms. The number of pyridine rings is 1. The first-order chi connectivity index (χ1) is 9.47. The molecule has 0 atom stereocenters. The maximum atomic E-state index is 13.5. The van der Waals surface area contributed by atoms with Gasteiger partial charge in [0.15, 0.2) is 0 Å². The minimum absolute atomic E-state index is 0.0811. The highest BCUT2D eigenvalue weighted by Gasteiger charge is 2.18. The first-order valence-corrected chi connectivity index (χ1v) is 5.45. The van der Waals surface area contributed by atoms with Gasteiger partial charge >= 0.3 is 5.69 Å². The Labute approximate surface area is 111 Å². The van der Waals surface area contributed by atoms with Crippen LogP contribution in [-0.2, 0) is 6.54 Å². The van der Waals surface area contributed by atoms with Gasteiger partial charge in [-0.1, -0.05) is 0 Å². The number of benzene rings is 1. The van der Waals surface area contributed by atoms with Crippen molar-refractivity contribution >= 4 is 11.4 Å². The fourth-order valence-electron chi connectivity index (χ4n) is 1.53. The molecule has 1 aromatic carbocycles. The molecule has 1 N–H and O–H groups in total. The lowest BCUT2D eigenvalue weighted by molar-refractivity contribution is -0.387. The molecule has 0 saturated heterocycles. The zero-order valence-corrected chi connectivity index (χ0v) is 9.94. The van der Waals surface area contributed by atoms with E-state index in [2.05, 4.69) is 10.3 Å². The first-order valence-electron chi connectivity index (χ1n) is 5.45. The summed E-state index contributed by atoms with van der Waals surface area (Å²) in [5.41, 5.74) is -0.486. The monoisotopic (exact) mass is 283 g/mol. The molecule has 0 fully saturated rings. The van der Waals surface area contributed by atoms with Crippen molar-refractivity contribution in [2.75, 3.05) is 5.32 Å². The van der Waals surface area contributed by atoms with Crippen molar-refractivity contribution in [1.82, 2.24) is 4.98 Å². The van der Waals surface area contributed by atoms with Crippen LogP contribution in [0.25, 0.3) is 0 Å². The van der Waals surface area contributed by atoms with Gasteiger partial charge in [-0.15, -0.1) is 0 Å². The van der Waals surface area contributed by atoms with E-state index in [1.165, 1.54) is 12.3 Å². The van der Waals surface area contributed by atoms with Crippen LogP contribution in [0.2, 0.25) is 0 Å². The first kappa shape index (κ1) is 13.8. The van der Waals surface area contributed by atoms with Crippen molar-refractivity contribution < 1.29 is 18.1 Å². The average Bonchev–Trinajstić information content (AvgIpc) is 2.39. The van der Waals surface area contributed by atoms with E-state index in [4.69, 9.17) is 0 Å². The number of nitro groups is 1. The van der Waals surface area contributed by atoms with E-state index in [-0.39, 0.29) is 12.1 Å². The molecule has 0 aliphatic carbocycles. The number of nitrogens with zero attached hydrogens (tertiary/aromatic N) is 2. The molecule has 104 valence electrons. The maximum absolute atomic E-state index is 13.5. The fourth-order valence-corrected chi connectivity index (χ4v) is 1.53. The predicted octanol–water partition coefficient (Wildman–Crippen LogP) is 3.02. The van der Waals surface area contributed by atoms with Crippen LogP contribution in [0.5, 0.6) is 0 Å². The summed E-state index contributed by atoms with van der Waals surface area (Å²) in [6.45, 7) is -0.125. The van der Waals surface area contributed by atoms with Crippen LogP contribution in [0.1, 0.15) is 5.56 Å². The van der Waals surface area contributed by atoms with Crippen molar-refractivity contribution in [3.8, 4) is 0 Å². The molecular weight excluding hydrogens is 275 g/mol. The van der Waals surface area contributed by atoms with E-state index < -0.39 is 28.2 Å². The van der Waals surface area contributed by atoms with Crippen LogP contribution < -0.4 is 5.32 Å². The third-order valence-electron chi connectivity index (χ3n) is 2.52. The SMILES string of the molecule is O=[N+]([O-])c1cc(CNc2ccc(F)nc2)c(F)cc1F. The van der Waals surface area contributed by atoms with E-state index in [0.717, 1.165) is 12.1 Å². The molecular formula is C12H8F3N3O2. The summed E-state index contributed by atoms with van der Waals surface area (Å²) in [5.74, 6) is -2.81. The minimum atomic E-state index is -1.24. The molecule has 8 heteroatoms. The lowest BCUT2D eigenvalue weighted by atomic mass is 10.1. The van der Waals surface area contributed by atoms with Gasteiger partial charge in [-0.05, 0) is 12.1 Å². The highest BCUT2D eigenvalue weighted by Crippen LogP contribution is 2.22. The van der Waals surface area contributed by atoms with Gasteiger partial charge in [0.1, 0.15) is 5.82 Å². The quantitative estimate of drug-likeness (QED) is 0.532. The zero-order valence-electron chi connectivity index (χ0n) is 9.94. The van der Waals surface area contributed by atoms with E-state index >= 15 is 0 Å². The Kier molecular flexibility index (Phi) is 3.83. The van der Waals surface area contributed by atoms with E-state index in [0.29, 0.717) is 11.8 Å². The molecule has 1 heterocycles. The normalized spacial score (nSPS) is 10.3. The summed E-state index contributed by atoms with van der Waals surface area (Å²) in [6, 6.07) is 3.75. The second-order valence-electron chi connectivity index (χ2n) is 3.88. The highest BCUT2D eigenvalue weighted by atomic mass is 19.1. The second kappa shape index (κ2) is 5.55. The lowest BCUT2D eigenvalue weighted by Gasteiger charge is -2.07. The molecule has 0 amide bonds. The third-order valence-corrected chi connectivity index (χ3v) is 2.52. The second-order valence-corrected chi connectivity index (χ2v) is 3.88. The Hall–Kier alpha value is -2.64. The summed E-state index contributed by atoms with van der Waals surface area (Å²) in [7, 11) is 0. The fraction of sp³-hybridized carbons (Fsp3) is 0.0833. The summed E-state index contributed by atoms with van der Waals surface area (Å²) >= 11 is 0. The topological polar surface area (TPSA) is 68.1 Å². The van der Waals surface area contributed by atoms with Gasteiger partial charge in [-0.3, -0.25) is 10.1 Å². The number of hydrogen-bond donors (Lipinski definition) is 1. The van der Waals surface area contributed by atoms with Gasteiger partial charge in [0.05, 0.1) is 16.8 Å². The molecule has 0 bridgehead atoms. The van der Waals surface area contributed by atoms with Crippen LogP contribution in [0.4, 0.5) is 24.5 Å². The Balaban J connectivity index is 2.18. The van der Waals surface area contributed by atoms with E-state index in [9.17, 15) is 23.3 Å². The number of aromatic nitrogens is 1. The summed E-state index contributed by atoms with van der Waals surface area (Å²) in [5, 5.41) is 13.3. The molecule has 0 radical (unpaired) electrons. The average molecular weight is 283 g/mol. The van der Waals surface area contributed by atoms with Gasteiger partial charge in [0.25, 0.3) is 0 Å². The number of anilines is 1. The lowest BCUT2D eigenvalue weighted by Crippen LogP contribution is -2.04. The van der Waals surface area contributed by atoms with Crippen LogP contribution >= 0.6 is 0 Å². The summed E-state index contributed by atoms with van der Waals surface area (Å²) in [6.07, 6.45) is 1.19. The standard InChI is InChI=1S/C12H8F3N3O2/c13-9-4-10(14)11(18(19)20)3-7(9)5-16-8-1-2-12(15)17-6-8/h1-4,6,16H,5H2. The van der Waals surface area contributed by atoms with Gasteiger partial charge in [-0.2, -0.15) is 8.78 Å². The summed E-state index contributed by atoms with van der Waals surface area (Å²) in [4.78, 5) is 13.0. The van der Waals surface area contributed by atoms with Crippen LogP contribution in [0, 0.1) is 27.7 Å². The minimum Gasteiger partial charge on any atom is -0.380 e. The Bertz CT molecular complexity index is 647. The van der Waals surface area contributed by atoms with Crippen molar-refractivity contribution in [1.29, 1.82) is 0 Å². The molecule has 0 aliphatic heterocycles. The number of halogens is 3. The molecule has 5 nitrogen and oxygen atoms in total. The Morgan fingerprint density at radius 3 is 2.55 bits per heavy atom. The number of nitro benzene ring substituents is 1. The summed E-state index contributed by atoms with van der Waals surface area (Å²) < 4.78 is 39.2. The Morgan fingerprint density at radius 1 is 1.20 bits per heavy atom. The molecule has 0 saturated carbocycles. The van der Waals surface area contributed by atoms with Crippen molar-refractivity contribution in [2.45, 2.75) is 6.54 Å². The van der Waals surface area contributed by atoms with Crippen LogP contribution in [0.3, 0.4) is 0 Å². The zero-order chi connectivity index (χ0) is 14.7. The third kappa shape index (κ3) is 3.02. The van der Waals surface area contributed by atoms with Crippen molar-refractivity contribution in [3.05, 3.63) is 63.7 Å². The van der Waals surface area contributed by atoms with Gasteiger partial charge in [-0.25, -0.2) is 9.37 Å². The number of hydrogen-bond acceptors (Lipinski definition) is 4. The number of rotatable bonds is 4. The maximum Gasteiger partial charge on any atom is 0.305 e. The molecule has 0 unspecified atom stereocenters. The molecule has 20 heavy (non-hydrogen) atoms. The predicted molar refractivity (Wildman–Crippen MR) is 64.5 cm³/mol. The van der Waals surface area contributed by atoms with E-state index in [1.807, 2.05) is 0 Å². The van der Waals surface area contributed by atoms with E-state index in [1.54, 1.807) is 0 Å². The largest absolute Gasteiger partial charge is 0.380 e. The van der Waals surface area contributed by atoms with Crippen LogP contribution in [-0.4, -0.2) is 9.91 Å². The highest BCUT2D eigenvalue weighted by molar-refractivity contribution is 5.43. The smallest absolute Gasteiger partial charge is 0.305 e. The van der Waals surface area contributed by atoms with Gasteiger partial charge in [0.2, 0.25) is 11.8 Å². The molecule has 2 rings (SSSR count). The van der Waals surface area contributed by atoms with Crippen molar-refractivity contribution in [2.24, 2.45) is 0 Å². The van der Waals surface area contributed by atoms with Crippen molar-refractivity contribution in [3.63, 3.8) is 0 Å². The molecule has 0 aliphatic rings. The molecule has 2 aromatic rings. The van der Waals surface area contributed by atoms with Gasteiger partial charge < -0.3 is 5.32 Å². The number of nitrogens with one attached hydrogen (secondary N) is 1. The molecule has 1 aromatic heterocycles. The Morgan fingerprint density at radius 2 is 1.95 bits per heavy atom. The van der Waals surface area contributed by atoms with Gasteiger partial charge in [0, 0.05) is 24.2 Å². The van der Waals surface area contributed by atoms with Crippen LogP contribution in [0.15, 0.2) is 30.5 Å².